The summed E-state index contributed by atoms with van der Waals surface area (Å²) in [5.74, 6) is 0. The zero-order chi connectivity index (χ0) is 13.7. The number of anilines is 1. The highest BCUT2D eigenvalue weighted by molar-refractivity contribution is 5.72. The van der Waals surface area contributed by atoms with Crippen LogP contribution in [0.5, 0.6) is 0 Å². The minimum atomic E-state index is 0.799. The van der Waals surface area contributed by atoms with Gasteiger partial charge in [0.25, 0.3) is 0 Å². The van der Waals surface area contributed by atoms with Crippen LogP contribution in [0, 0.1) is 6.92 Å². The van der Waals surface area contributed by atoms with Gasteiger partial charge in [-0.1, -0.05) is 24.3 Å². The Hall–Kier alpha value is -2.29. The normalized spacial score (nSPS) is 13.8. The van der Waals surface area contributed by atoms with Gasteiger partial charge in [-0.25, -0.2) is 4.98 Å². The molecule has 0 amide bonds. The second-order valence-electron chi connectivity index (χ2n) is 5.57. The van der Waals surface area contributed by atoms with Crippen molar-refractivity contribution < 1.29 is 0 Å². The van der Waals surface area contributed by atoms with Crippen molar-refractivity contribution in [2.45, 2.75) is 26.2 Å². The summed E-state index contributed by atoms with van der Waals surface area (Å²) in [5, 5.41) is 0. The highest BCUT2D eigenvalue weighted by Gasteiger charge is 2.20. The van der Waals surface area contributed by atoms with E-state index in [1.165, 1.54) is 16.8 Å². The van der Waals surface area contributed by atoms with Gasteiger partial charge in [0.15, 0.2) is 0 Å². The lowest BCUT2D eigenvalue weighted by molar-refractivity contribution is 0.805. The van der Waals surface area contributed by atoms with Crippen LogP contribution in [0.15, 0.2) is 36.5 Å². The minimum Gasteiger partial charge on any atom is -0.398 e. The predicted octanol–water partition coefficient (Wildman–Crippen LogP) is 3.38. The van der Waals surface area contributed by atoms with E-state index in [1.54, 1.807) is 0 Å². The molecule has 2 heterocycles. The Balaban J connectivity index is 2.10. The van der Waals surface area contributed by atoms with Crippen molar-refractivity contribution in [3.8, 4) is 11.3 Å². The minimum absolute atomic E-state index is 0.799. The summed E-state index contributed by atoms with van der Waals surface area (Å²) in [6.45, 7) is 2.07. The van der Waals surface area contributed by atoms with Gasteiger partial charge in [-0.2, -0.15) is 0 Å². The first-order chi connectivity index (χ1) is 9.74. The van der Waals surface area contributed by atoms with Gasteiger partial charge in [0.2, 0.25) is 0 Å². The second-order valence-corrected chi connectivity index (χ2v) is 5.57. The quantitative estimate of drug-likeness (QED) is 0.675. The molecule has 1 aromatic carbocycles. The number of nitrogens with zero attached hydrogens (tertiary/aromatic N) is 2. The van der Waals surface area contributed by atoms with Gasteiger partial charge in [-0.05, 0) is 43.4 Å². The maximum atomic E-state index is 6.00. The van der Waals surface area contributed by atoms with Crippen molar-refractivity contribution in [1.29, 1.82) is 0 Å². The van der Waals surface area contributed by atoms with Crippen molar-refractivity contribution in [2.24, 2.45) is 0 Å². The van der Waals surface area contributed by atoms with Gasteiger partial charge < -0.3 is 10.1 Å². The number of hydrogen-bond donors (Lipinski definition) is 1. The largest absolute Gasteiger partial charge is 0.398 e. The molecule has 2 N–H and O–H groups in total. The number of benzene rings is 1. The molecule has 0 fully saturated rings. The maximum absolute atomic E-state index is 6.00. The summed E-state index contributed by atoms with van der Waals surface area (Å²) in [5.41, 5.74) is 14.1. The van der Waals surface area contributed by atoms with E-state index in [9.17, 15) is 0 Å². The monoisotopic (exact) mass is 263 g/mol. The summed E-state index contributed by atoms with van der Waals surface area (Å²) in [7, 11) is 0. The molecule has 3 aromatic rings. The highest BCUT2D eigenvalue weighted by Crippen LogP contribution is 2.33. The molecule has 0 aliphatic heterocycles. The van der Waals surface area contributed by atoms with E-state index in [2.05, 4.69) is 35.6 Å². The molecular formula is C17H17N3. The van der Waals surface area contributed by atoms with Gasteiger partial charge >= 0.3 is 0 Å². The number of imidazole rings is 1. The number of nitrogens with two attached hydrogens (primary N) is 1. The van der Waals surface area contributed by atoms with E-state index in [0.29, 0.717) is 0 Å². The number of aryl methyl sites for hydroxylation is 3. The van der Waals surface area contributed by atoms with E-state index in [4.69, 9.17) is 10.7 Å². The molecule has 3 nitrogen and oxygen atoms in total. The Labute approximate surface area is 118 Å². The number of hydrogen-bond acceptors (Lipinski definition) is 2. The van der Waals surface area contributed by atoms with Gasteiger partial charge in [-0.3, -0.25) is 0 Å². The maximum Gasteiger partial charge on any atom is 0.140 e. The fourth-order valence-electron chi connectivity index (χ4n) is 3.25. The van der Waals surface area contributed by atoms with Gasteiger partial charge in [0.05, 0.1) is 11.4 Å². The van der Waals surface area contributed by atoms with Crippen LogP contribution in [0.1, 0.15) is 23.2 Å². The molecule has 100 valence electrons. The molecule has 0 saturated carbocycles. The lowest BCUT2D eigenvalue weighted by Gasteiger charge is -2.04. The first-order valence-corrected chi connectivity index (χ1v) is 7.09. The molecule has 3 heteroatoms. The van der Waals surface area contributed by atoms with Crippen LogP contribution in [0.4, 0.5) is 5.69 Å². The van der Waals surface area contributed by atoms with E-state index in [1.807, 2.05) is 12.3 Å². The number of aromatic nitrogens is 2. The van der Waals surface area contributed by atoms with Crippen molar-refractivity contribution >= 4 is 11.3 Å². The predicted molar refractivity (Wildman–Crippen MR) is 81.8 cm³/mol. The Kier molecular flexibility index (Phi) is 2.36. The molecule has 0 radical (unpaired) electrons. The van der Waals surface area contributed by atoms with E-state index in [-0.39, 0.29) is 0 Å². The number of fused-ring (bicyclic) bond motifs is 5. The van der Waals surface area contributed by atoms with Crippen LogP contribution >= 0.6 is 0 Å². The van der Waals surface area contributed by atoms with Crippen LogP contribution in [-0.2, 0) is 12.8 Å². The van der Waals surface area contributed by atoms with Crippen molar-refractivity contribution in [1.82, 2.24) is 9.38 Å². The summed E-state index contributed by atoms with van der Waals surface area (Å²) in [4.78, 5) is 4.90. The Morgan fingerprint density at radius 1 is 1.20 bits per heavy atom. The van der Waals surface area contributed by atoms with Gasteiger partial charge in [-0.15, -0.1) is 0 Å². The third-order valence-corrected chi connectivity index (χ3v) is 4.16. The lowest BCUT2D eigenvalue weighted by Crippen LogP contribution is -1.98. The molecular weight excluding hydrogens is 246 g/mol. The molecule has 0 atom stereocenters. The molecule has 1 aliphatic rings. The first-order valence-electron chi connectivity index (χ1n) is 7.09. The smallest absolute Gasteiger partial charge is 0.140 e. The zero-order valence-electron chi connectivity index (χ0n) is 11.6. The molecule has 1 aliphatic carbocycles. The average Bonchev–Trinajstić information content (AvgIpc) is 2.69. The molecule has 20 heavy (non-hydrogen) atoms. The Bertz CT molecular complexity index is 814. The Morgan fingerprint density at radius 2 is 2.05 bits per heavy atom. The van der Waals surface area contributed by atoms with E-state index in [0.717, 1.165) is 41.9 Å². The van der Waals surface area contributed by atoms with Crippen LogP contribution in [0.2, 0.25) is 0 Å². The number of pyridine rings is 1. The van der Waals surface area contributed by atoms with E-state index >= 15 is 0 Å². The molecule has 0 unspecified atom stereocenters. The molecule has 4 rings (SSSR count). The standard InChI is InChI=1S/C17H17N3/c1-11-9-13(18)10-20-15-8-4-6-12-5-2-3-7-14(12)16(15)19-17(11)20/h2-3,5,7,9-10H,4,6,8,18H2,1H3. The number of rotatable bonds is 0. The fraction of sp³-hybridized carbons (Fsp3) is 0.235. The first kappa shape index (κ1) is 11.5. The van der Waals surface area contributed by atoms with Crippen LogP contribution in [0.25, 0.3) is 16.9 Å². The summed E-state index contributed by atoms with van der Waals surface area (Å²) < 4.78 is 2.18. The molecule has 2 aromatic heterocycles. The van der Waals surface area contributed by atoms with Crippen molar-refractivity contribution in [3.63, 3.8) is 0 Å². The van der Waals surface area contributed by atoms with Gasteiger partial charge in [0, 0.05) is 17.4 Å². The molecule has 0 bridgehead atoms. The third-order valence-electron chi connectivity index (χ3n) is 4.16. The van der Waals surface area contributed by atoms with Crippen LogP contribution < -0.4 is 5.73 Å². The second kappa shape index (κ2) is 4.10. The lowest BCUT2D eigenvalue weighted by atomic mass is 10.0. The highest BCUT2D eigenvalue weighted by atomic mass is 15.0. The van der Waals surface area contributed by atoms with Crippen LogP contribution in [0.3, 0.4) is 0 Å². The van der Waals surface area contributed by atoms with Gasteiger partial charge in [0.1, 0.15) is 5.65 Å². The number of nitrogen functional groups attached to an aromatic ring is 1. The average molecular weight is 263 g/mol. The summed E-state index contributed by atoms with van der Waals surface area (Å²) >= 11 is 0. The van der Waals surface area contributed by atoms with Crippen molar-refractivity contribution in [3.05, 3.63) is 53.3 Å². The van der Waals surface area contributed by atoms with Crippen LogP contribution in [-0.4, -0.2) is 9.38 Å². The van der Waals surface area contributed by atoms with Crippen molar-refractivity contribution in [2.75, 3.05) is 5.73 Å². The Morgan fingerprint density at radius 3 is 2.95 bits per heavy atom. The molecule has 0 saturated heterocycles. The third kappa shape index (κ3) is 1.56. The summed E-state index contributed by atoms with van der Waals surface area (Å²) in [6.07, 6.45) is 5.33. The van der Waals surface area contributed by atoms with E-state index < -0.39 is 0 Å². The topological polar surface area (TPSA) is 43.3 Å². The SMILES string of the molecule is Cc1cc(N)cn2c3c(nc12)-c1ccccc1CCC3. The zero-order valence-corrected chi connectivity index (χ0v) is 11.6. The molecule has 0 spiro atoms. The fourth-order valence-corrected chi connectivity index (χ4v) is 3.25. The summed E-state index contributed by atoms with van der Waals surface area (Å²) in [6, 6.07) is 10.6.